The number of allylic oxidation sites excluding steroid dienone is 6. The molecule has 0 heterocycles. The van der Waals surface area contributed by atoms with Gasteiger partial charge in [0, 0.05) is 5.56 Å². The number of benzene rings is 1. The number of phenols is 1. The molecule has 1 aromatic rings. The van der Waals surface area contributed by atoms with E-state index >= 15 is 9.59 Å². The highest BCUT2D eigenvalue weighted by atomic mass is 16.5. The van der Waals surface area contributed by atoms with Crippen LogP contribution < -0.4 is 4.74 Å². The Morgan fingerprint density at radius 1 is 1.07 bits per heavy atom. The molecule has 0 aromatic heterocycles. The van der Waals surface area contributed by atoms with Crippen LogP contribution >= 0.6 is 0 Å². The maximum Gasteiger partial charge on any atom is 0.176 e. The van der Waals surface area contributed by atoms with Crippen molar-refractivity contribution in [3.8, 4) is 11.5 Å². The molecule has 2 unspecified atom stereocenters. The quantitative estimate of drug-likeness (QED) is 0.121. The second-order valence-corrected chi connectivity index (χ2v) is 15.0. The lowest BCUT2D eigenvalue weighted by molar-refractivity contribution is -0.198. The Balaban J connectivity index is 2.35. The number of rotatable bonds is 14. The number of aliphatic hydroxyl groups excluding tert-OH is 1. The minimum Gasteiger partial charge on any atom is -0.504 e. The van der Waals surface area contributed by atoms with Gasteiger partial charge in [0.15, 0.2) is 28.8 Å². The van der Waals surface area contributed by atoms with Crippen molar-refractivity contribution in [3.63, 3.8) is 0 Å². The maximum absolute atomic E-state index is 15.3. The van der Waals surface area contributed by atoms with E-state index in [-0.39, 0.29) is 41.1 Å². The summed E-state index contributed by atoms with van der Waals surface area (Å²) in [6.07, 6.45) is 5.43. The highest BCUT2D eigenvalue weighted by Gasteiger charge is 2.75. The van der Waals surface area contributed by atoms with Crippen molar-refractivity contribution in [3.05, 3.63) is 71.4 Å². The average molecular weight is 633 g/mol. The summed E-state index contributed by atoms with van der Waals surface area (Å²) in [7, 11) is 0. The van der Waals surface area contributed by atoms with Crippen LogP contribution in [0, 0.1) is 34.0 Å². The molecule has 6 heteroatoms. The zero-order valence-electron chi connectivity index (χ0n) is 29.6. The van der Waals surface area contributed by atoms with Crippen molar-refractivity contribution in [1.82, 2.24) is 0 Å². The van der Waals surface area contributed by atoms with Crippen LogP contribution in [0.15, 0.2) is 65.8 Å². The first-order valence-electron chi connectivity index (χ1n) is 16.7. The van der Waals surface area contributed by atoms with Gasteiger partial charge in [-0.05, 0) is 122 Å². The molecule has 6 atom stereocenters. The summed E-state index contributed by atoms with van der Waals surface area (Å²) < 4.78 is 5.46. The largest absolute Gasteiger partial charge is 0.504 e. The Bertz CT molecular complexity index is 1440. The lowest BCUT2D eigenvalue weighted by Crippen LogP contribution is -2.73. The Hall–Kier alpha value is -3.25. The smallest absolute Gasteiger partial charge is 0.176 e. The number of hydrogen-bond donors (Lipinski definition) is 2. The summed E-state index contributed by atoms with van der Waals surface area (Å²) in [5.74, 6) is -3.09. The first-order chi connectivity index (χ1) is 21.4. The van der Waals surface area contributed by atoms with Gasteiger partial charge in [-0.1, -0.05) is 54.9 Å². The van der Waals surface area contributed by atoms with Gasteiger partial charge in [0.2, 0.25) is 0 Å². The number of carbonyl (C=O) groups excluding carboxylic acids is 3. The molecule has 0 spiro atoms. The van der Waals surface area contributed by atoms with Crippen LogP contribution in [0.1, 0.15) is 111 Å². The molecule has 3 rings (SSSR count). The number of aromatic hydroxyl groups is 1. The summed E-state index contributed by atoms with van der Waals surface area (Å²) in [6.45, 7) is 26.3. The van der Waals surface area contributed by atoms with Crippen molar-refractivity contribution < 1.29 is 29.3 Å². The van der Waals surface area contributed by atoms with Crippen molar-refractivity contribution in [2.24, 2.45) is 34.0 Å². The molecule has 2 aliphatic carbocycles. The molecule has 2 fully saturated rings. The van der Waals surface area contributed by atoms with Crippen molar-refractivity contribution in [1.29, 1.82) is 0 Å². The number of hydrogen-bond acceptors (Lipinski definition) is 6. The zero-order chi connectivity index (χ0) is 34.8. The highest BCUT2D eigenvalue weighted by molar-refractivity contribution is 6.23. The third kappa shape index (κ3) is 6.74. The van der Waals surface area contributed by atoms with Crippen LogP contribution in [0.2, 0.25) is 0 Å². The van der Waals surface area contributed by atoms with Gasteiger partial charge in [-0.3, -0.25) is 14.4 Å². The Morgan fingerprint density at radius 3 is 2.22 bits per heavy atom. The summed E-state index contributed by atoms with van der Waals surface area (Å²) >= 11 is 0. The van der Waals surface area contributed by atoms with Crippen LogP contribution in [-0.4, -0.2) is 40.3 Å². The molecule has 2 bridgehead atoms. The molecule has 46 heavy (non-hydrogen) atoms. The Morgan fingerprint density at radius 2 is 1.70 bits per heavy atom. The van der Waals surface area contributed by atoms with E-state index in [4.69, 9.17) is 4.74 Å². The van der Waals surface area contributed by atoms with Crippen molar-refractivity contribution in [2.75, 3.05) is 6.61 Å². The van der Waals surface area contributed by atoms with Gasteiger partial charge in [0.25, 0.3) is 0 Å². The van der Waals surface area contributed by atoms with E-state index in [1.54, 1.807) is 6.92 Å². The SMILES string of the molecule is C=C(C)CC[C@H](C[C@]12C[C@H](CC=C(C)C)C(C)(C)[C@](CC=C(C)C)(C(=O)C(C(=O)c3ccc(OCC)c(O)c3)C1O)C2=O)C(=C)C. The molecule has 2 aliphatic rings. The fourth-order valence-corrected chi connectivity index (χ4v) is 7.91. The molecule has 0 radical (unpaired) electrons. The van der Waals surface area contributed by atoms with E-state index < -0.39 is 39.8 Å². The summed E-state index contributed by atoms with van der Waals surface area (Å²) in [4.78, 5) is 44.8. The summed E-state index contributed by atoms with van der Waals surface area (Å²) in [5, 5.41) is 23.1. The molecule has 252 valence electrons. The molecule has 2 N–H and O–H groups in total. The fraction of sp³-hybridized carbons (Fsp3) is 0.575. The number of phenolic OH excluding ortho intramolecular Hbond substituents is 1. The van der Waals surface area contributed by atoms with E-state index in [0.717, 1.165) is 28.7 Å². The molecular formula is C40H56O6. The topological polar surface area (TPSA) is 101 Å². The van der Waals surface area contributed by atoms with Crippen LogP contribution in [0.5, 0.6) is 11.5 Å². The number of fused-ring (bicyclic) bond motifs is 2. The second kappa shape index (κ2) is 14.3. The first kappa shape index (κ1) is 37.2. The van der Waals surface area contributed by atoms with Crippen molar-refractivity contribution >= 4 is 17.3 Å². The zero-order valence-corrected chi connectivity index (χ0v) is 29.6. The number of aliphatic hydroxyl groups is 1. The van der Waals surface area contributed by atoms with Gasteiger partial charge in [0.05, 0.1) is 23.5 Å². The van der Waals surface area contributed by atoms with Gasteiger partial charge < -0.3 is 14.9 Å². The lowest BCUT2D eigenvalue weighted by Gasteiger charge is -2.64. The van der Waals surface area contributed by atoms with E-state index in [1.165, 1.54) is 18.2 Å². The highest BCUT2D eigenvalue weighted by Crippen LogP contribution is 2.67. The lowest BCUT2D eigenvalue weighted by atomic mass is 9.37. The Labute approximate surface area is 276 Å². The maximum atomic E-state index is 15.3. The van der Waals surface area contributed by atoms with Gasteiger partial charge >= 0.3 is 0 Å². The normalized spacial score (nSPS) is 27.4. The summed E-state index contributed by atoms with van der Waals surface area (Å²) in [6, 6.07) is 4.31. The number of carbonyl (C=O) groups is 3. The molecule has 1 aromatic carbocycles. The fourth-order valence-electron chi connectivity index (χ4n) is 7.91. The van der Waals surface area contributed by atoms with E-state index in [0.29, 0.717) is 32.3 Å². The van der Waals surface area contributed by atoms with Crippen LogP contribution in [0.25, 0.3) is 0 Å². The van der Waals surface area contributed by atoms with Crippen LogP contribution in [-0.2, 0) is 9.59 Å². The second-order valence-electron chi connectivity index (χ2n) is 15.0. The number of ether oxygens (including phenoxy) is 1. The minimum absolute atomic E-state index is 0.0934. The predicted octanol–water partition coefficient (Wildman–Crippen LogP) is 8.77. The molecule has 0 aliphatic heterocycles. The third-order valence-electron chi connectivity index (χ3n) is 10.8. The minimum atomic E-state index is -1.54. The summed E-state index contributed by atoms with van der Waals surface area (Å²) in [5.41, 5.74) is 0.398. The van der Waals surface area contributed by atoms with Gasteiger partial charge in [-0.15, -0.1) is 6.58 Å². The molecule has 0 saturated heterocycles. The Kier molecular flexibility index (Phi) is 11.5. The van der Waals surface area contributed by atoms with Gasteiger partial charge in [-0.25, -0.2) is 0 Å². The van der Waals surface area contributed by atoms with E-state index in [2.05, 4.69) is 19.2 Å². The van der Waals surface area contributed by atoms with Crippen LogP contribution in [0.4, 0.5) is 0 Å². The first-order valence-corrected chi connectivity index (χ1v) is 16.7. The number of Topliss-reactive ketones (excluding diaryl/α,β-unsaturated/α-hetero) is 3. The molecule has 0 amide bonds. The van der Waals surface area contributed by atoms with E-state index in [1.807, 2.05) is 61.5 Å². The molecular weight excluding hydrogens is 576 g/mol. The molecule has 6 nitrogen and oxygen atoms in total. The predicted molar refractivity (Wildman–Crippen MR) is 185 cm³/mol. The van der Waals surface area contributed by atoms with E-state index in [9.17, 15) is 15.0 Å². The van der Waals surface area contributed by atoms with Gasteiger partial charge in [0.1, 0.15) is 5.92 Å². The average Bonchev–Trinajstić information content (AvgIpc) is 2.95. The monoisotopic (exact) mass is 632 g/mol. The van der Waals surface area contributed by atoms with Crippen molar-refractivity contribution in [2.45, 2.75) is 107 Å². The van der Waals surface area contributed by atoms with Crippen LogP contribution in [0.3, 0.4) is 0 Å². The van der Waals surface area contributed by atoms with Gasteiger partial charge in [-0.2, -0.15) is 0 Å². The molecule has 2 saturated carbocycles. The number of ketones is 3. The third-order valence-corrected chi connectivity index (χ3v) is 10.8. The standard InChI is InChI=1S/C40H56O6/c1-12-46-32-18-16-28(21-31(32)41)34(42)33-35(43)39(22-29(27(8)9)15-13-24(2)3)23-30(17-14-25(4)5)38(10,11)40(36(33)44,37(39)45)20-19-26(6)7/h14,16,18-19,21,29-30,33,35,41,43H,2,8,12-13,15,17,20,22-23H2,1,3-7,9-11H3/t29-,30+,33?,35?,39+,40-/m1/s1.